The smallest absolute Gasteiger partial charge is 0.251 e. The molecule has 6 heteroatoms. The normalized spacial score (nSPS) is 11.5. The first-order chi connectivity index (χ1) is 13.0. The van der Waals surface area contributed by atoms with Crippen molar-refractivity contribution < 1.29 is 14.3 Å². The second kappa shape index (κ2) is 10.6. The van der Waals surface area contributed by atoms with Crippen molar-refractivity contribution in [3.05, 3.63) is 59.7 Å². The van der Waals surface area contributed by atoms with Gasteiger partial charge in [0.2, 0.25) is 5.91 Å². The third kappa shape index (κ3) is 6.64. The molecule has 0 bridgehead atoms. The maximum Gasteiger partial charge on any atom is 0.251 e. The average molecular weight is 387 g/mol. The van der Waals surface area contributed by atoms with Crippen LogP contribution in [0.2, 0.25) is 0 Å². The Kier molecular flexibility index (Phi) is 8.20. The van der Waals surface area contributed by atoms with Crippen molar-refractivity contribution in [2.24, 2.45) is 0 Å². The number of nitrogens with one attached hydrogen (secondary N) is 2. The molecule has 2 aromatic rings. The highest BCUT2D eigenvalue weighted by Gasteiger charge is 2.21. The number of rotatable bonds is 9. The van der Waals surface area contributed by atoms with Crippen molar-refractivity contribution >= 4 is 29.3 Å². The highest BCUT2D eigenvalue weighted by molar-refractivity contribution is 7.98. The number of amides is 2. The molecular formula is C21H26N2O3S. The molecule has 0 saturated carbocycles. The fourth-order valence-corrected chi connectivity index (χ4v) is 2.95. The molecule has 144 valence electrons. The molecule has 0 saturated heterocycles. The molecule has 0 aliphatic heterocycles. The van der Waals surface area contributed by atoms with E-state index in [4.69, 9.17) is 4.74 Å². The van der Waals surface area contributed by atoms with Crippen LogP contribution in [0.15, 0.2) is 48.5 Å². The van der Waals surface area contributed by atoms with Gasteiger partial charge in [-0.2, -0.15) is 11.8 Å². The van der Waals surface area contributed by atoms with Gasteiger partial charge in [-0.25, -0.2) is 0 Å². The van der Waals surface area contributed by atoms with Crippen LogP contribution < -0.4 is 15.4 Å². The fraction of sp³-hybridized carbons (Fsp3) is 0.333. The minimum Gasteiger partial charge on any atom is -0.494 e. The SMILES string of the molecule is CCOc1ccc(NC(=O)[C@@H](CCSC)NC(=O)c2ccc(C)cc2)cc1. The topological polar surface area (TPSA) is 67.4 Å². The predicted octanol–water partition coefficient (Wildman–Crippen LogP) is 3.88. The Morgan fingerprint density at radius 1 is 1.07 bits per heavy atom. The summed E-state index contributed by atoms with van der Waals surface area (Å²) in [4.78, 5) is 25.2. The van der Waals surface area contributed by atoms with E-state index in [-0.39, 0.29) is 11.8 Å². The first kappa shape index (κ1) is 20.8. The number of hydrogen-bond acceptors (Lipinski definition) is 4. The van der Waals surface area contributed by atoms with E-state index in [2.05, 4.69) is 10.6 Å². The molecule has 0 spiro atoms. The zero-order valence-corrected chi connectivity index (χ0v) is 16.8. The van der Waals surface area contributed by atoms with E-state index in [1.807, 2.05) is 32.2 Å². The number of aryl methyl sites for hydroxylation is 1. The first-order valence-electron chi connectivity index (χ1n) is 8.93. The van der Waals surface area contributed by atoms with Crippen LogP contribution in [-0.4, -0.2) is 36.5 Å². The van der Waals surface area contributed by atoms with Crippen LogP contribution in [0.1, 0.15) is 29.3 Å². The quantitative estimate of drug-likeness (QED) is 0.686. The Morgan fingerprint density at radius 2 is 1.74 bits per heavy atom. The molecule has 2 N–H and O–H groups in total. The molecule has 2 amide bonds. The molecule has 0 heterocycles. The van der Waals surface area contributed by atoms with Gasteiger partial charge >= 0.3 is 0 Å². The molecule has 2 rings (SSSR count). The van der Waals surface area contributed by atoms with Gasteiger partial charge < -0.3 is 15.4 Å². The summed E-state index contributed by atoms with van der Waals surface area (Å²) in [5.74, 6) is 1.05. The lowest BCUT2D eigenvalue weighted by atomic mass is 10.1. The highest BCUT2D eigenvalue weighted by Crippen LogP contribution is 2.16. The number of hydrogen-bond donors (Lipinski definition) is 2. The predicted molar refractivity (Wildman–Crippen MR) is 112 cm³/mol. The van der Waals surface area contributed by atoms with Crippen molar-refractivity contribution in [1.29, 1.82) is 0 Å². The van der Waals surface area contributed by atoms with Gasteiger partial charge in [-0.3, -0.25) is 9.59 Å². The second-order valence-electron chi connectivity index (χ2n) is 6.12. The Balaban J connectivity index is 2.03. The summed E-state index contributed by atoms with van der Waals surface area (Å²) in [6.07, 6.45) is 2.53. The fourth-order valence-electron chi connectivity index (χ4n) is 2.48. The third-order valence-electron chi connectivity index (χ3n) is 3.98. The molecule has 0 aromatic heterocycles. The number of carbonyl (C=O) groups excluding carboxylic acids is 2. The summed E-state index contributed by atoms with van der Waals surface area (Å²) in [6.45, 7) is 4.48. The van der Waals surface area contributed by atoms with Crippen LogP contribution in [0.3, 0.4) is 0 Å². The van der Waals surface area contributed by atoms with Crippen LogP contribution in [0, 0.1) is 6.92 Å². The van der Waals surface area contributed by atoms with Crippen molar-refractivity contribution in [2.45, 2.75) is 26.3 Å². The van der Waals surface area contributed by atoms with Crippen molar-refractivity contribution in [1.82, 2.24) is 5.32 Å². The van der Waals surface area contributed by atoms with E-state index in [9.17, 15) is 9.59 Å². The Labute approximate surface area is 164 Å². The van der Waals surface area contributed by atoms with Crippen LogP contribution in [-0.2, 0) is 4.79 Å². The van der Waals surface area contributed by atoms with Crippen molar-refractivity contribution in [3.63, 3.8) is 0 Å². The van der Waals surface area contributed by atoms with Gasteiger partial charge in [-0.15, -0.1) is 0 Å². The standard InChI is InChI=1S/C21H26N2O3S/c1-4-26-18-11-9-17(10-12-18)22-21(25)19(13-14-27-3)23-20(24)16-7-5-15(2)6-8-16/h5-12,19H,4,13-14H2,1-3H3,(H,22,25)(H,23,24)/t19-/m1/s1. The van der Waals surface area contributed by atoms with Crippen LogP contribution in [0.4, 0.5) is 5.69 Å². The monoisotopic (exact) mass is 386 g/mol. The Bertz CT molecular complexity index is 745. The van der Waals surface area contributed by atoms with E-state index in [0.29, 0.717) is 24.3 Å². The summed E-state index contributed by atoms with van der Waals surface area (Å²) < 4.78 is 5.40. The van der Waals surface area contributed by atoms with Crippen LogP contribution in [0.25, 0.3) is 0 Å². The van der Waals surface area contributed by atoms with Gasteiger partial charge in [0.1, 0.15) is 11.8 Å². The molecular weight excluding hydrogens is 360 g/mol. The Morgan fingerprint density at radius 3 is 2.33 bits per heavy atom. The van der Waals surface area contributed by atoms with Crippen molar-refractivity contribution in [2.75, 3.05) is 23.9 Å². The maximum atomic E-state index is 12.7. The zero-order valence-electron chi connectivity index (χ0n) is 16.0. The molecule has 0 aliphatic rings. The number of benzene rings is 2. The van der Waals surface area contributed by atoms with Gasteiger partial charge in [0.05, 0.1) is 6.61 Å². The maximum absolute atomic E-state index is 12.7. The number of anilines is 1. The van der Waals surface area contributed by atoms with Gasteiger partial charge in [-0.05, 0) is 68.7 Å². The summed E-state index contributed by atoms with van der Waals surface area (Å²) in [5.41, 5.74) is 2.30. The van der Waals surface area contributed by atoms with Gasteiger partial charge in [0, 0.05) is 11.3 Å². The Hall–Kier alpha value is -2.47. The lowest BCUT2D eigenvalue weighted by Gasteiger charge is -2.18. The summed E-state index contributed by atoms with van der Waals surface area (Å²) in [5, 5.41) is 5.72. The van der Waals surface area contributed by atoms with E-state index in [1.165, 1.54) is 0 Å². The third-order valence-corrected chi connectivity index (χ3v) is 4.62. The largest absolute Gasteiger partial charge is 0.494 e. The zero-order chi connectivity index (χ0) is 19.6. The minimum atomic E-state index is -0.599. The number of thioether (sulfide) groups is 1. The molecule has 1 atom stereocenters. The number of ether oxygens (including phenoxy) is 1. The number of carbonyl (C=O) groups is 2. The van der Waals surface area contributed by atoms with E-state index >= 15 is 0 Å². The molecule has 27 heavy (non-hydrogen) atoms. The molecule has 0 aliphatic carbocycles. The van der Waals surface area contributed by atoms with Gasteiger partial charge in [0.15, 0.2) is 0 Å². The minimum absolute atomic E-state index is 0.228. The summed E-state index contributed by atoms with van der Waals surface area (Å²) >= 11 is 1.64. The average Bonchev–Trinajstić information content (AvgIpc) is 2.67. The molecule has 2 aromatic carbocycles. The van der Waals surface area contributed by atoms with E-state index in [1.54, 1.807) is 48.2 Å². The van der Waals surface area contributed by atoms with E-state index < -0.39 is 6.04 Å². The summed E-state index contributed by atoms with van der Waals surface area (Å²) in [7, 11) is 0. The molecule has 0 unspecified atom stereocenters. The molecule has 0 fully saturated rings. The van der Waals surface area contributed by atoms with Crippen LogP contribution in [0.5, 0.6) is 5.75 Å². The molecule has 0 radical (unpaired) electrons. The second-order valence-corrected chi connectivity index (χ2v) is 7.11. The lowest BCUT2D eigenvalue weighted by molar-refractivity contribution is -0.118. The van der Waals surface area contributed by atoms with Gasteiger partial charge in [-0.1, -0.05) is 17.7 Å². The van der Waals surface area contributed by atoms with Crippen molar-refractivity contribution in [3.8, 4) is 5.75 Å². The lowest BCUT2D eigenvalue weighted by Crippen LogP contribution is -2.44. The summed E-state index contributed by atoms with van der Waals surface area (Å²) in [6, 6.07) is 13.9. The van der Waals surface area contributed by atoms with Crippen LogP contribution >= 0.6 is 11.8 Å². The van der Waals surface area contributed by atoms with Gasteiger partial charge in [0.25, 0.3) is 5.91 Å². The highest BCUT2D eigenvalue weighted by atomic mass is 32.2. The van der Waals surface area contributed by atoms with E-state index in [0.717, 1.165) is 17.1 Å². The first-order valence-corrected chi connectivity index (χ1v) is 10.3. The molecule has 5 nitrogen and oxygen atoms in total.